The maximum Gasteiger partial charge on any atom is 0.272 e. The lowest BCUT2D eigenvalue weighted by Gasteiger charge is -2.22. The van der Waals surface area contributed by atoms with Crippen molar-refractivity contribution in [1.29, 1.82) is 0 Å². The van der Waals surface area contributed by atoms with E-state index in [1.165, 1.54) is 0 Å². The van der Waals surface area contributed by atoms with Gasteiger partial charge in [0.2, 0.25) is 0 Å². The Kier molecular flexibility index (Phi) is 2.36. The molecule has 84 valence electrons. The number of pyridine rings is 1. The van der Waals surface area contributed by atoms with Crippen molar-refractivity contribution >= 4 is 5.91 Å². The Morgan fingerprint density at radius 1 is 1.44 bits per heavy atom. The van der Waals surface area contributed by atoms with Crippen LogP contribution >= 0.6 is 0 Å². The minimum absolute atomic E-state index is 0.0804. The molecule has 2 saturated heterocycles. The van der Waals surface area contributed by atoms with Gasteiger partial charge >= 0.3 is 0 Å². The van der Waals surface area contributed by atoms with Gasteiger partial charge in [-0.3, -0.25) is 9.78 Å². The van der Waals surface area contributed by atoms with E-state index in [0.29, 0.717) is 17.7 Å². The van der Waals surface area contributed by atoms with Crippen molar-refractivity contribution in [2.24, 2.45) is 5.92 Å². The summed E-state index contributed by atoms with van der Waals surface area (Å²) in [6.45, 7) is 2.87. The molecule has 2 aliphatic rings. The lowest BCUT2D eigenvalue weighted by atomic mass is 10.1. The van der Waals surface area contributed by atoms with E-state index < -0.39 is 0 Å². The number of carbonyl (C=O) groups is 1. The normalized spacial score (nSPS) is 28.1. The second-order valence-corrected chi connectivity index (χ2v) is 4.49. The van der Waals surface area contributed by atoms with Crippen molar-refractivity contribution in [2.75, 3.05) is 19.6 Å². The number of nitrogens with one attached hydrogen (secondary N) is 1. The van der Waals surface area contributed by atoms with Gasteiger partial charge in [0.25, 0.3) is 5.91 Å². The summed E-state index contributed by atoms with van der Waals surface area (Å²) in [6.07, 6.45) is 2.80. The zero-order chi connectivity index (χ0) is 11.0. The highest BCUT2D eigenvalue weighted by molar-refractivity contribution is 5.92. The van der Waals surface area contributed by atoms with Crippen LogP contribution in [0.3, 0.4) is 0 Å². The van der Waals surface area contributed by atoms with Crippen LogP contribution in [0.25, 0.3) is 0 Å². The second kappa shape index (κ2) is 3.87. The summed E-state index contributed by atoms with van der Waals surface area (Å²) in [5, 5.41) is 3.35. The zero-order valence-electron chi connectivity index (χ0n) is 9.10. The molecule has 0 aliphatic carbocycles. The molecule has 1 aromatic heterocycles. The van der Waals surface area contributed by atoms with Gasteiger partial charge in [0.15, 0.2) is 0 Å². The summed E-state index contributed by atoms with van der Waals surface area (Å²) in [4.78, 5) is 18.3. The summed E-state index contributed by atoms with van der Waals surface area (Å²) in [6, 6.07) is 5.87. The zero-order valence-corrected chi connectivity index (χ0v) is 9.10. The van der Waals surface area contributed by atoms with Crippen molar-refractivity contribution in [1.82, 2.24) is 15.2 Å². The van der Waals surface area contributed by atoms with Gasteiger partial charge in [0.05, 0.1) is 0 Å². The Morgan fingerprint density at radius 3 is 3.19 bits per heavy atom. The van der Waals surface area contributed by atoms with E-state index in [4.69, 9.17) is 0 Å². The number of amides is 1. The molecular formula is C12H15N3O. The fourth-order valence-electron chi connectivity index (χ4n) is 2.74. The van der Waals surface area contributed by atoms with Crippen molar-refractivity contribution < 1.29 is 4.79 Å². The fraction of sp³-hybridized carbons (Fsp3) is 0.500. The first-order valence-electron chi connectivity index (χ1n) is 5.79. The topological polar surface area (TPSA) is 45.2 Å². The first kappa shape index (κ1) is 9.78. The average Bonchev–Trinajstić information content (AvgIpc) is 2.91. The van der Waals surface area contributed by atoms with Crippen molar-refractivity contribution in [3.63, 3.8) is 0 Å². The Labute approximate surface area is 94.7 Å². The molecule has 3 rings (SSSR count). The standard InChI is InChI=1S/C12H15N3O/c16-12(10-3-1-2-5-14-10)15-6-4-9-7-13-8-11(9)15/h1-3,5,9,11,13H,4,6-8H2/t9-,11+/m0/s1. The summed E-state index contributed by atoms with van der Waals surface area (Å²) in [5.74, 6) is 0.726. The number of hydrogen-bond donors (Lipinski definition) is 1. The molecule has 0 aromatic carbocycles. The second-order valence-electron chi connectivity index (χ2n) is 4.49. The van der Waals surface area contributed by atoms with Crippen LogP contribution in [-0.4, -0.2) is 41.5 Å². The van der Waals surface area contributed by atoms with Crippen LogP contribution in [0.5, 0.6) is 0 Å². The van der Waals surface area contributed by atoms with E-state index in [0.717, 1.165) is 26.1 Å². The van der Waals surface area contributed by atoms with Crippen molar-refractivity contribution in [3.8, 4) is 0 Å². The number of fused-ring (bicyclic) bond motifs is 1. The van der Waals surface area contributed by atoms with Gasteiger partial charge in [-0.25, -0.2) is 0 Å². The van der Waals surface area contributed by atoms with Crippen LogP contribution in [0.2, 0.25) is 0 Å². The third-order valence-corrected chi connectivity index (χ3v) is 3.59. The monoisotopic (exact) mass is 217 g/mol. The summed E-state index contributed by atoms with van der Waals surface area (Å²) >= 11 is 0. The van der Waals surface area contributed by atoms with Crippen molar-refractivity contribution in [2.45, 2.75) is 12.5 Å². The predicted molar refractivity (Wildman–Crippen MR) is 60.0 cm³/mol. The van der Waals surface area contributed by atoms with E-state index in [2.05, 4.69) is 10.3 Å². The molecule has 3 heterocycles. The van der Waals surface area contributed by atoms with Crippen LogP contribution in [-0.2, 0) is 0 Å². The van der Waals surface area contributed by atoms with Gasteiger partial charge < -0.3 is 10.2 Å². The molecule has 2 atom stereocenters. The van der Waals surface area contributed by atoms with Crippen LogP contribution in [0, 0.1) is 5.92 Å². The SMILES string of the molecule is O=C(c1ccccn1)N1CC[C@H]2CNC[C@H]21. The predicted octanol–water partition coefficient (Wildman–Crippen LogP) is 0.515. The minimum atomic E-state index is 0.0804. The smallest absolute Gasteiger partial charge is 0.272 e. The van der Waals surface area contributed by atoms with Crippen LogP contribution in [0.4, 0.5) is 0 Å². The largest absolute Gasteiger partial charge is 0.333 e. The van der Waals surface area contributed by atoms with Gasteiger partial charge in [0, 0.05) is 31.9 Å². The molecule has 0 unspecified atom stereocenters. The summed E-state index contributed by atoms with van der Waals surface area (Å²) in [7, 11) is 0. The number of hydrogen-bond acceptors (Lipinski definition) is 3. The number of likely N-dealkylation sites (tertiary alicyclic amines) is 1. The highest BCUT2D eigenvalue weighted by atomic mass is 16.2. The van der Waals surface area contributed by atoms with Crippen LogP contribution in [0.1, 0.15) is 16.9 Å². The van der Waals surface area contributed by atoms with Gasteiger partial charge in [-0.15, -0.1) is 0 Å². The molecule has 0 saturated carbocycles. The molecule has 2 fully saturated rings. The lowest BCUT2D eigenvalue weighted by Crippen LogP contribution is -2.39. The van der Waals surface area contributed by atoms with Crippen LogP contribution in [0.15, 0.2) is 24.4 Å². The fourth-order valence-corrected chi connectivity index (χ4v) is 2.74. The van der Waals surface area contributed by atoms with E-state index >= 15 is 0 Å². The van der Waals surface area contributed by atoms with Gasteiger partial charge in [-0.2, -0.15) is 0 Å². The Bertz CT molecular complexity index is 393. The molecule has 4 heteroatoms. The quantitative estimate of drug-likeness (QED) is 0.745. The molecule has 2 aliphatic heterocycles. The first-order valence-corrected chi connectivity index (χ1v) is 5.79. The lowest BCUT2D eigenvalue weighted by molar-refractivity contribution is 0.0731. The van der Waals surface area contributed by atoms with E-state index in [-0.39, 0.29) is 5.91 Å². The van der Waals surface area contributed by atoms with Crippen LogP contribution < -0.4 is 5.32 Å². The highest BCUT2D eigenvalue weighted by Crippen LogP contribution is 2.27. The van der Waals surface area contributed by atoms with E-state index in [1.807, 2.05) is 17.0 Å². The minimum Gasteiger partial charge on any atom is -0.333 e. The molecule has 4 nitrogen and oxygen atoms in total. The maximum atomic E-state index is 12.2. The maximum absolute atomic E-state index is 12.2. The average molecular weight is 217 g/mol. The highest BCUT2D eigenvalue weighted by Gasteiger charge is 2.40. The number of rotatable bonds is 1. The Hall–Kier alpha value is -1.42. The summed E-state index contributed by atoms with van der Waals surface area (Å²) in [5.41, 5.74) is 0.565. The van der Waals surface area contributed by atoms with Gasteiger partial charge in [0.1, 0.15) is 5.69 Å². The van der Waals surface area contributed by atoms with E-state index in [1.54, 1.807) is 12.3 Å². The summed E-state index contributed by atoms with van der Waals surface area (Å²) < 4.78 is 0. The Morgan fingerprint density at radius 2 is 2.38 bits per heavy atom. The molecule has 0 radical (unpaired) electrons. The van der Waals surface area contributed by atoms with Crippen molar-refractivity contribution in [3.05, 3.63) is 30.1 Å². The van der Waals surface area contributed by atoms with E-state index in [9.17, 15) is 4.79 Å². The third-order valence-electron chi connectivity index (χ3n) is 3.59. The number of aromatic nitrogens is 1. The van der Waals surface area contributed by atoms with Gasteiger partial charge in [-0.05, 0) is 24.5 Å². The first-order chi connectivity index (χ1) is 7.86. The molecule has 1 N–H and O–H groups in total. The third kappa shape index (κ3) is 1.50. The number of nitrogens with zero attached hydrogens (tertiary/aromatic N) is 2. The molecule has 0 spiro atoms. The number of carbonyl (C=O) groups excluding carboxylic acids is 1. The molecule has 1 aromatic rings. The molecular weight excluding hydrogens is 202 g/mol. The Balaban J connectivity index is 1.81. The molecule has 0 bridgehead atoms. The molecule has 16 heavy (non-hydrogen) atoms. The molecule has 1 amide bonds. The van der Waals surface area contributed by atoms with Gasteiger partial charge in [-0.1, -0.05) is 6.07 Å².